The molecule has 0 unspecified atom stereocenters. The summed E-state index contributed by atoms with van der Waals surface area (Å²) in [6, 6.07) is 7.51. The Morgan fingerprint density at radius 2 is 1.73 bits per heavy atom. The zero-order chi connectivity index (χ0) is 15.3. The molecule has 2 rings (SSSR count). The molecule has 0 aliphatic heterocycles. The molecule has 1 N–H and O–H groups in total. The van der Waals surface area contributed by atoms with Gasteiger partial charge in [-0.15, -0.1) is 0 Å². The molecule has 0 aliphatic carbocycles. The third-order valence-electron chi connectivity index (χ3n) is 3.01. The Kier molecular flexibility index (Phi) is 11.3. The summed E-state index contributed by atoms with van der Waals surface area (Å²) in [5, 5.41) is 14.2. The van der Waals surface area contributed by atoms with Gasteiger partial charge in [0.15, 0.2) is 5.75 Å². The van der Waals surface area contributed by atoms with Gasteiger partial charge in [0.2, 0.25) is 0 Å². The zero-order valence-corrected chi connectivity index (χ0v) is 17.2. The van der Waals surface area contributed by atoms with E-state index in [0.29, 0.717) is 17.8 Å². The van der Waals surface area contributed by atoms with Crippen molar-refractivity contribution in [2.75, 3.05) is 0 Å². The van der Waals surface area contributed by atoms with Gasteiger partial charge in [-0.25, -0.2) is 4.68 Å². The molecule has 0 amide bonds. The minimum Gasteiger partial charge on any atom is -0.505 e. The molecule has 22 heavy (non-hydrogen) atoms. The van der Waals surface area contributed by atoms with Crippen LogP contribution in [-0.2, 0) is 39.3 Å². The van der Waals surface area contributed by atoms with Crippen molar-refractivity contribution >= 4 is 0 Å². The average Bonchev–Trinajstić information content (AvgIpc) is 2.47. The quantitative estimate of drug-likeness (QED) is 0.811. The van der Waals surface area contributed by atoms with Crippen LogP contribution in [0.4, 0.5) is 0 Å². The monoisotopic (exact) mass is 378 g/mol. The maximum Gasteiger partial charge on any atom is 0.278 e. The number of benzene rings is 1. The van der Waals surface area contributed by atoms with E-state index < -0.39 is 0 Å². The van der Waals surface area contributed by atoms with Crippen LogP contribution in [0.15, 0.2) is 29.1 Å². The maximum absolute atomic E-state index is 12.3. The molecule has 0 saturated carbocycles. The molecule has 1 radical (unpaired) electrons. The van der Waals surface area contributed by atoms with E-state index in [9.17, 15) is 9.90 Å². The summed E-state index contributed by atoms with van der Waals surface area (Å²) in [6.07, 6.45) is 0. The maximum atomic E-state index is 12.3. The van der Waals surface area contributed by atoms with E-state index in [-0.39, 0.29) is 51.4 Å². The predicted octanol–water partition coefficient (Wildman–Crippen LogP) is 3.73. The SMILES string of the molecule is CC.CCn1nc(C)c(O)c(-c2ccccc2C)c1=O.[CH3-].[Y]. The first kappa shape index (κ1) is 23.3. The second-order valence-electron chi connectivity index (χ2n) is 4.24. The Hall–Kier alpha value is -0.996. The Morgan fingerprint density at radius 3 is 2.23 bits per heavy atom. The Bertz CT molecular complexity index is 652. The average molecular weight is 378 g/mol. The van der Waals surface area contributed by atoms with Crippen LogP contribution in [-0.4, -0.2) is 14.9 Å². The van der Waals surface area contributed by atoms with Gasteiger partial charge in [0.25, 0.3) is 5.56 Å². The van der Waals surface area contributed by atoms with Crippen LogP contribution in [0.5, 0.6) is 5.75 Å². The molecule has 0 fully saturated rings. The van der Waals surface area contributed by atoms with Crippen LogP contribution >= 0.6 is 0 Å². The molecule has 4 nitrogen and oxygen atoms in total. The molecule has 1 aromatic carbocycles. The van der Waals surface area contributed by atoms with Crippen LogP contribution in [0.3, 0.4) is 0 Å². The molecule has 0 bridgehead atoms. The fourth-order valence-electron chi connectivity index (χ4n) is 2.00. The van der Waals surface area contributed by atoms with Crippen LogP contribution in [0, 0.1) is 21.3 Å². The topological polar surface area (TPSA) is 55.1 Å². The van der Waals surface area contributed by atoms with E-state index in [1.54, 1.807) is 6.92 Å². The van der Waals surface area contributed by atoms with Crippen molar-refractivity contribution in [1.82, 2.24) is 9.78 Å². The van der Waals surface area contributed by atoms with Gasteiger partial charge in [-0.05, 0) is 31.9 Å². The zero-order valence-electron chi connectivity index (χ0n) is 14.3. The molecule has 119 valence electrons. The van der Waals surface area contributed by atoms with Crippen molar-refractivity contribution in [3.8, 4) is 16.9 Å². The Balaban J connectivity index is 0. The van der Waals surface area contributed by atoms with Gasteiger partial charge in [0.1, 0.15) is 5.69 Å². The van der Waals surface area contributed by atoms with Crippen molar-refractivity contribution in [2.45, 2.75) is 41.2 Å². The molecule has 0 atom stereocenters. The molecule has 0 saturated heterocycles. The van der Waals surface area contributed by atoms with Crippen LogP contribution in [0.25, 0.3) is 11.1 Å². The van der Waals surface area contributed by atoms with E-state index in [4.69, 9.17) is 0 Å². The number of hydrogen-bond donors (Lipinski definition) is 1. The summed E-state index contributed by atoms with van der Waals surface area (Å²) < 4.78 is 1.37. The molecule has 0 aliphatic rings. The van der Waals surface area contributed by atoms with Gasteiger partial charge in [-0.3, -0.25) is 4.79 Å². The Labute approximate surface area is 158 Å². The second-order valence-corrected chi connectivity index (χ2v) is 4.24. The first-order valence-electron chi connectivity index (χ1n) is 6.93. The summed E-state index contributed by atoms with van der Waals surface area (Å²) in [6.45, 7) is 9.95. The number of aryl methyl sites for hydroxylation is 3. The summed E-state index contributed by atoms with van der Waals surface area (Å²) >= 11 is 0. The third kappa shape index (κ3) is 4.75. The van der Waals surface area contributed by atoms with Crippen LogP contribution in [0.2, 0.25) is 0 Å². The predicted molar refractivity (Wildman–Crippen MR) is 88.5 cm³/mol. The molecule has 5 heteroatoms. The number of aromatic nitrogens is 2. The Morgan fingerprint density at radius 1 is 1.18 bits per heavy atom. The second kappa shape index (κ2) is 10.7. The van der Waals surface area contributed by atoms with E-state index in [1.165, 1.54) is 4.68 Å². The van der Waals surface area contributed by atoms with Gasteiger partial charge in [0, 0.05) is 39.3 Å². The summed E-state index contributed by atoms with van der Waals surface area (Å²) in [5.41, 5.74) is 2.26. The minimum atomic E-state index is -0.255. The fraction of sp³-hybridized carbons (Fsp3) is 0.353. The van der Waals surface area contributed by atoms with Crippen molar-refractivity contribution in [3.05, 3.63) is 53.3 Å². The van der Waals surface area contributed by atoms with Gasteiger partial charge in [-0.2, -0.15) is 5.10 Å². The minimum absolute atomic E-state index is 0. The fourth-order valence-corrected chi connectivity index (χ4v) is 2.00. The molecular formula is C17H25N2O2Y-. The van der Waals surface area contributed by atoms with Crippen LogP contribution in [0.1, 0.15) is 32.0 Å². The van der Waals surface area contributed by atoms with Crippen molar-refractivity contribution in [1.29, 1.82) is 0 Å². The molecule has 2 aromatic rings. The summed E-state index contributed by atoms with van der Waals surface area (Å²) in [4.78, 5) is 12.3. The largest absolute Gasteiger partial charge is 0.505 e. The van der Waals surface area contributed by atoms with E-state index in [1.807, 2.05) is 52.0 Å². The van der Waals surface area contributed by atoms with Crippen molar-refractivity contribution in [3.63, 3.8) is 0 Å². The first-order chi connectivity index (χ1) is 9.56. The van der Waals surface area contributed by atoms with Gasteiger partial charge in [0.05, 0.1) is 5.56 Å². The van der Waals surface area contributed by atoms with Gasteiger partial charge < -0.3 is 12.5 Å². The molecule has 1 heterocycles. The summed E-state index contributed by atoms with van der Waals surface area (Å²) in [5.74, 6) is -0.0287. The standard InChI is InChI=1S/C14H16N2O2.C2H6.CH3.Y/c1-4-16-14(18)12(13(17)10(3)15-16)11-8-6-5-7-9(11)2;1-2;;/h5-8,17H,4H2,1-3H3;1-2H3;1H3;/q;;-1;. The van der Waals surface area contributed by atoms with E-state index >= 15 is 0 Å². The number of nitrogens with zero attached hydrogens (tertiary/aromatic N) is 2. The van der Waals surface area contributed by atoms with Gasteiger partial charge in [-0.1, -0.05) is 38.1 Å². The normalized spacial score (nSPS) is 8.95. The number of aromatic hydroxyl groups is 1. The smallest absolute Gasteiger partial charge is 0.278 e. The molecule has 1 aromatic heterocycles. The first-order valence-corrected chi connectivity index (χ1v) is 6.93. The van der Waals surface area contributed by atoms with Crippen molar-refractivity contribution in [2.24, 2.45) is 0 Å². The van der Waals surface area contributed by atoms with E-state index in [2.05, 4.69) is 5.10 Å². The number of hydrogen-bond acceptors (Lipinski definition) is 3. The third-order valence-corrected chi connectivity index (χ3v) is 3.01. The van der Waals surface area contributed by atoms with Gasteiger partial charge >= 0.3 is 0 Å². The van der Waals surface area contributed by atoms with Crippen molar-refractivity contribution < 1.29 is 37.8 Å². The summed E-state index contributed by atoms with van der Waals surface area (Å²) in [7, 11) is 0. The molecule has 0 spiro atoms. The van der Waals surface area contributed by atoms with Crippen LogP contribution < -0.4 is 5.56 Å². The van der Waals surface area contributed by atoms with E-state index in [0.717, 1.165) is 11.1 Å². The molecular weight excluding hydrogens is 353 g/mol. The number of rotatable bonds is 2.